The minimum Gasteiger partial charge on any atom is -0.466 e. The Hall–Kier alpha value is -2.37. The van der Waals surface area contributed by atoms with Crippen LogP contribution in [0.2, 0.25) is 0 Å². The van der Waals surface area contributed by atoms with E-state index in [1.807, 2.05) is 0 Å². The highest BCUT2D eigenvalue weighted by Crippen LogP contribution is 2.12. The number of rotatable bonds is 12. The van der Waals surface area contributed by atoms with Gasteiger partial charge in [-0.3, -0.25) is 0 Å². The third kappa shape index (κ3) is 23.7. The summed E-state index contributed by atoms with van der Waals surface area (Å²) >= 11 is 0. The number of carbonyl (C=O) groups excluding carboxylic acids is 3. The molecule has 0 aromatic heterocycles. The third-order valence-electron chi connectivity index (χ3n) is 3.78. The predicted octanol–water partition coefficient (Wildman–Crippen LogP) is 5.57. The second-order valence-corrected chi connectivity index (χ2v) is 6.79. The Morgan fingerprint density at radius 3 is 1.77 bits per heavy atom. The Balaban J connectivity index is -0.000000383. The van der Waals surface area contributed by atoms with Crippen LogP contribution in [0.15, 0.2) is 37.0 Å². The normalized spacial score (nSPS) is 10.1. The SMILES string of the molecule is C=C(C)C(=O)OC.C=C(C)C(=O)OCCCC.C=CC(=O)OCC(CC)CCCC. The summed E-state index contributed by atoms with van der Waals surface area (Å²) in [4.78, 5) is 31.7. The topological polar surface area (TPSA) is 78.9 Å². The van der Waals surface area contributed by atoms with Crippen LogP contribution in [-0.2, 0) is 28.6 Å². The van der Waals surface area contributed by atoms with Gasteiger partial charge in [-0.25, -0.2) is 14.4 Å². The third-order valence-corrected chi connectivity index (χ3v) is 3.78. The Bertz CT molecular complexity index is 522. The van der Waals surface area contributed by atoms with E-state index in [0.717, 1.165) is 25.7 Å². The second-order valence-electron chi connectivity index (χ2n) is 6.79. The molecule has 0 aliphatic carbocycles. The Morgan fingerprint density at radius 1 is 0.900 bits per heavy atom. The molecule has 0 saturated carbocycles. The van der Waals surface area contributed by atoms with Gasteiger partial charge in [0.05, 0.1) is 20.3 Å². The molecule has 174 valence electrons. The van der Waals surface area contributed by atoms with Gasteiger partial charge in [-0.1, -0.05) is 66.2 Å². The first kappa shape index (κ1) is 32.3. The van der Waals surface area contributed by atoms with Crippen molar-refractivity contribution >= 4 is 17.9 Å². The van der Waals surface area contributed by atoms with E-state index in [2.05, 4.69) is 45.2 Å². The molecule has 0 amide bonds. The molecular formula is C24H42O6. The molecule has 0 aliphatic rings. The fourth-order valence-corrected chi connectivity index (χ4v) is 1.76. The molecule has 6 heteroatoms. The maximum absolute atomic E-state index is 10.8. The number of ether oxygens (including phenoxy) is 3. The summed E-state index contributed by atoms with van der Waals surface area (Å²) in [6.45, 7) is 20.8. The molecule has 0 spiro atoms. The number of esters is 3. The van der Waals surface area contributed by atoms with Crippen LogP contribution in [0, 0.1) is 5.92 Å². The molecule has 1 unspecified atom stereocenters. The van der Waals surface area contributed by atoms with E-state index in [1.54, 1.807) is 13.8 Å². The van der Waals surface area contributed by atoms with Crippen LogP contribution >= 0.6 is 0 Å². The van der Waals surface area contributed by atoms with Gasteiger partial charge in [-0.05, 0) is 32.6 Å². The fourth-order valence-electron chi connectivity index (χ4n) is 1.76. The standard InChI is InChI=1S/C11H20O2.C8H14O2.C5H8O2/c1-4-7-8-10(5-2)9-13-11(12)6-3;1-4-5-6-10-8(9)7(2)3;1-4(2)5(6)7-3/h6,10H,3-5,7-9H2,1-2H3;2,4-6H2,1,3H3;1H2,2-3H3. The smallest absolute Gasteiger partial charge is 0.333 e. The first-order valence-electron chi connectivity index (χ1n) is 10.5. The summed E-state index contributed by atoms with van der Waals surface area (Å²) < 4.78 is 14.1. The molecule has 0 aromatic carbocycles. The number of unbranched alkanes of at least 4 members (excludes halogenated alkanes) is 2. The van der Waals surface area contributed by atoms with Crippen molar-refractivity contribution < 1.29 is 28.6 Å². The Kier molecular flexibility index (Phi) is 24.7. The molecule has 30 heavy (non-hydrogen) atoms. The van der Waals surface area contributed by atoms with E-state index < -0.39 is 0 Å². The first-order chi connectivity index (χ1) is 14.1. The Morgan fingerprint density at radius 2 is 1.43 bits per heavy atom. The molecule has 6 nitrogen and oxygen atoms in total. The molecule has 0 saturated heterocycles. The second kappa shape index (κ2) is 22.9. The molecule has 0 N–H and O–H groups in total. The van der Waals surface area contributed by atoms with Gasteiger partial charge in [-0.15, -0.1) is 0 Å². The van der Waals surface area contributed by atoms with Crippen molar-refractivity contribution in [2.75, 3.05) is 20.3 Å². The molecule has 0 rings (SSSR count). The van der Waals surface area contributed by atoms with Crippen molar-refractivity contribution in [2.45, 2.75) is 73.1 Å². The summed E-state index contributed by atoms with van der Waals surface area (Å²) in [5.41, 5.74) is 0.901. The highest BCUT2D eigenvalue weighted by molar-refractivity contribution is 5.87. The predicted molar refractivity (Wildman–Crippen MR) is 122 cm³/mol. The molecule has 0 bridgehead atoms. The highest BCUT2D eigenvalue weighted by Gasteiger charge is 2.07. The van der Waals surface area contributed by atoms with Crippen LogP contribution in [0.5, 0.6) is 0 Å². The van der Waals surface area contributed by atoms with Crippen LogP contribution < -0.4 is 0 Å². The lowest BCUT2D eigenvalue weighted by Crippen LogP contribution is -2.12. The quantitative estimate of drug-likeness (QED) is 0.176. The average Bonchev–Trinajstić information content (AvgIpc) is 2.73. The van der Waals surface area contributed by atoms with Crippen molar-refractivity contribution in [3.05, 3.63) is 37.0 Å². The van der Waals surface area contributed by atoms with Crippen molar-refractivity contribution in [3.8, 4) is 0 Å². The van der Waals surface area contributed by atoms with Crippen LogP contribution in [0.3, 0.4) is 0 Å². The van der Waals surface area contributed by atoms with E-state index in [1.165, 1.54) is 26.0 Å². The van der Waals surface area contributed by atoms with Gasteiger partial charge in [0.25, 0.3) is 0 Å². The molecule has 0 fully saturated rings. The zero-order chi connectivity index (χ0) is 23.9. The average molecular weight is 427 g/mol. The maximum atomic E-state index is 10.8. The summed E-state index contributed by atoms with van der Waals surface area (Å²) in [5.74, 6) is -0.424. The van der Waals surface area contributed by atoms with Crippen LogP contribution in [0.4, 0.5) is 0 Å². The van der Waals surface area contributed by atoms with E-state index in [4.69, 9.17) is 9.47 Å². The van der Waals surface area contributed by atoms with Crippen molar-refractivity contribution in [2.24, 2.45) is 5.92 Å². The monoisotopic (exact) mass is 426 g/mol. The zero-order valence-corrected chi connectivity index (χ0v) is 19.9. The zero-order valence-electron chi connectivity index (χ0n) is 19.9. The summed E-state index contributed by atoms with van der Waals surface area (Å²) in [6.07, 6.45) is 7.83. The number of hydrogen-bond acceptors (Lipinski definition) is 6. The number of hydrogen-bond donors (Lipinski definition) is 0. The van der Waals surface area contributed by atoms with Crippen molar-refractivity contribution in [1.29, 1.82) is 0 Å². The fraction of sp³-hybridized carbons (Fsp3) is 0.625. The summed E-state index contributed by atoms with van der Waals surface area (Å²) in [6, 6.07) is 0. The van der Waals surface area contributed by atoms with Gasteiger partial charge in [0.1, 0.15) is 0 Å². The molecule has 0 aliphatic heterocycles. The summed E-state index contributed by atoms with van der Waals surface area (Å²) in [5, 5.41) is 0. The Labute approximate surface area is 183 Å². The van der Waals surface area contributed by atoms with Crippen LogP contribution in [-0.4, -0.2) is 38.2 Å². The first-order valence-corrected chi connectivity index (χ1v) is 10.5. The lowest BCUT2D eigenvalue weighted by Gasteiger charge is -2.13. The van der Waals surface area contributed by atoms with Gasteiger partial charge >= 0.3 is 17.9 Å². The van der Waals surface area contributed by atoms with Crippen LogP contribution in [0.25, 0.3) is 0 Å². The van der Waals surface area contributed by atoms with Gasteiger partial charge in [0.2, 0.25) is 0 Å². The largest absolute Gasteiger partial charge is 0.466 e. The number of carbonyl (C=O) groups is 3. The molecule has 0 aromatic rings. The van der Waals surface area contributed by atoms with Crippen LogP contribution in [0.1, 0.15) is 73.1 Å². The highest BCUT2D eigenvalue weighted by atomic mass is 16.5. The van der Waals surface area contributed by atoms with E-state index in [-0.39, 0.29) is 17.9 Å². The minimum atomic E-state index is -0.347. The number of methoxy groups -OCH3 is 1. The van der Waals surface area contributed by atoms with E-state index in [9.17, 15) is 14.4 Å². The van der Waals surface area contributed by atoms with Gasteiger partial charge in [0.15, 0.2) is 0 Å². The van der Waals surface area contributed by atoms with Gasteiger partial charge in [0, 0.05) is 17.2 Å². The molecule has 0 radical (unpaired) electrons. The van der Waals surface area contributed by atoms with Gasteiger partial charge in [-0.2, -0.15) is 0 Å². The minimum absolute atomic E-state index is 0.284. The van der Waals surface area contributed by atoms with E-state index >= 15 is 0 Å². The van der Waals surface area contributed by atoms with Crippen molar-refractivity contribution in [3.63, 3.8) is 0 Å². The lowest BCUT2D eigenvalue weighted by atomic mass is 10.0. The van der Waals surface area contributed by atoms with E-state index in [0.29, 0.717) is 30.3 Å². The molecule has 1 atom stereocenters. The molecule has 0 heterocycles. The maximum Gasteiger partial charge on any atom is 0.333 e. The molecular weight excluding hydrogens is 384 g/mol. The van der Waals surface area contributed by atoms with Gasteiger partial charge < -0.3 is 14.2 Å². The lowest BCUT2D eigenvalue weighted by molar-refractivity contribution is -0.140. The summed E-state index contributed by atoms with van der Waals surface area (Å²) in [7, 11) is 1.33. The van der Waals surface area contributed by atoms with Crippen molar-refractivity contribution in [1.82, 2.24) is 0 Å².